The summed E-state index contributed by atoms with van der Waals surface area (Å²) in [4.78, 5) is 11.1. The summed E-state index contributed by atoms with van der Waals surface area (Å²) in [5, 5.41) is 0. The Morgan fingerprint density at radius 2 is 2.09 bits per heavy atom. The van der Waals surface area contributed by atoms with Gasteiger partial charge in [0.25, 0.3) is 0 Å². The van der Waals surface area contributed by atoms with E-state index in [9.17, 15) is 4.79 Å². The largest absolute Gasteiger partial charge is 0.299 e. The van der Waals surface area contributed by atoms with E-state index in [1.54, 1.807) is 0 Å². The Kier molecular flexibility index (Phi) is 3.61. The lowest BCUT2D eigenvalue weighted by Crippen LogP contribution is -2.02. The molecular formula is C10H17O. The van der Waals surface area contributed by atoms with Crippen molar-refractivity contribution < 1.29 is 4.79 Å². The summed E-state index contributed by atoms with van der Waals surface area (Å²) in [6, 6.07) is 0. The molecule has 1 radical (unpaired) electrons. The monoisotopic (exact) mass is 153 g/mol. The molecule has 1 saturated carbocycles. The lowest BCUT2D eigenvalue weighted by molar-refractivity contribution is -0.116. The molecule has 0 aromatic heterocycles. The molecule has 1 heteroatoms. The molecule has 0 aliphatic heterocycles. The highest BCUT2D eigenvalue weighted by molar-refractivity contribution is 5.93. The van der Waals surface area contributed by atoms with Crippen LogP contribution in [0.5, 0.6) is 0 Å². The van der Waals surface area contributed by atoms with Gasteiger partial charge in [0, 0.05) is 12.3 Å². The van der Waals surface area contributed by atoms with Crippen molar-refractivity contribution in [1.82, 2.24) is 0 Å². The SMILES string of the molecule is CCCCC[C]1CCCC1=O. The summed E-state index contributed by atoms with van der Waals surface area (Å²) < 4.78 is 0. The summed E-state index contributed by atoms with van der Waals surface area (Å²) in [5.41, 5.74) is 0. The van der Waals surface area contributed by atoms with Gasteiger partial charge < -0.3 is 0 Å². The van der Waals surface area contributed by atoms with Gasteiger partial charge in [-0.2, -0.15) is 0 Å². The van der Waals surface area contributed by atoms with Crippen LogP contribution in [0.2, 0.25) is 0 Å². The second-order valence-corrected chi connectivity index (χ2v) is 3.34. The third-order valence-electron chi connectivity index (χ3n) is 2.36. The molecule has 0 spiro atoms. The van der Waals surface area contributed by atoms with Crippen LogP contribution < -0.4 is 0 Å². The molecule has 0 amide bonds. The van der Waals surface area contributed by atoms with Gasteiger partial charge in [0.05, 0.1) is 0 Å². The maximum atomic E-state index is 11.1. The number of hydrogen-bond donors (Lipinski definition) is 0. The molecule has 1 nitrogen and oxygen atoms in total. The minimum Gasteiger partial charge on any atom is -0.299 e. The van der Waals surface area contributed by atoms with Crippen molar-refractivity contribution in [2.24, 2.45) is 0 Å². The first-order chi connectivity index (χ1) is 5.34. The van der Waals surface area contributed by atoms with Crippen LogP contribution in [0.25, 0.3) is 0 Å². The van der Waals surface area contributed by atoms with Crippen LogP contribution in [-0.4, -0.2) is 5.78 Å². The summed E-state index contributed by atoms with van der Waals surface area (Å²) >= 11 is 0. The van der Waals surface area contributed by atoms with E-state index in [1.807, 2.05) is 0 Å². The van der Waals surface area contributed by atoms with Crippen molar-refractivity contribution in [2.75, 3.05) is 0 Å². The number of Topliss-reactive ketones (excluding diaryl/α,β-unsaturated/α-hetero) is 1. The van der Waals surface area contributed by atoms with E-state index >= 15 is 0 Å². The van der Waals surface area contributed by atoms with Gasteiger partial charge in [0.15, 0.2) is 0 Å². The van der Waals surface area contributed by atoms with Crippen molar-refractivity contribution in [1.29, 1.82) is 0 Å². The third-order valence-corrected chi connectivity index (χ3v) is 2.36. The molecule has 0 N–H and O–H groups in total. The van der Waals surface area contributed by atoms with Gasteiger partial charge in [-0.25, -0.2) is 0 Å². The van der Waals surface area contributed by atoms with E-state index < -0.39 is 0 Å². The predicted molar refractivity (Wildman–Crippen MR) is 46.2 cm³/mol. The molecule has 0 atom stereocenters. The van der Waals surface area contributed by atoms with Gasteiger partial charge in [-0.1, -0.05) is 26.2 Å². The fourth-order valence-electron chi connectivity index (χ4n) is 1.63. The topological polar surface area (TPSA) is 17.1 Å². The Bertz CT molecular complexity index is 129. The van der Waals surface area contributed by atoms with Crippen LogP contribution in [0.15, 0.2) is 0 Å². The molecule has 1 rings (SSSR count). The zero-order valence-electron chi connectivity index (χ0n) is 7.36. The molecule has 0 unspecified atom stereocenters. The fourth-order valence-corrected chi connectivity index (χ4v) is 1.63. The molecule has 11 heavy (non-hydrogen) atoms. The quantitative estimate of drug-likeness (QED) is 0.567. The van der Waals surface area contributed by atoms with Gasteiger partial charge in [0.2, 0.25) is 0 Å². The average Bonchev–Trinajstić information content (AvgIpc) is 2.37. The van der Waals surface area contributed by atoms with Crippen molar-refractivity contribution in [3.8, 4) is 0 Å². The molecule has 0 bridgehead atoms. The van der Waals surface area contributed by atoms with Crippen LogP contribution in [0.1, 0.15) is 51.9 Å². The summed E-state index contributed by atoms with van der Waals surface area (Å²) in [6.45, 7) is 2.20. The number of hydrogen-bond acceptors (Lipinski definition) is 1. The highest BCUT2D eigenvalue weighted by atomic mass is 16.1. The first-order valence-corrected chi connectivity index (χ1v) is 4.72. The smallest absolute Gasteiger partial charge is 0.140 e. The third kappa shape index (κ3) is 2.64. The maximum Gasteiger partial charge on any atom is 0.140 e. The molecular weight excluding hydrogens is 136 g/mol. The lowest BCUT2D eigenvalue weighted by atomic mass is 9.99. The average molecular weight is 153 g/mol. The summed E-state index contributed by atoms with van der Waals surface area (Å²) in [5.74, 6) is 1.67. The molecule has 0 saturated heterocycles. The Hall–Kier alpha value is -0.330. The molecule has 1 aliphatic rings. The minimum absolute atomic E-state index is 0.445. The fraction of sp³-hybridized carbons (Fsp3) is 0.800. The Morgan fingerprint density at radius 3 is 2.64 bits per heavy atom. The van der Waals surface area contributed by atoms with E-state index in [-0.39, 0.29) is 0 Å². The number of carbonyl (C=O) groups is 1. The predicted octanol–water partition coefficient (Wildman–Crippen LogP) is 2.89. The van der Waals surface area contributed by atoms with Crippen molar-refractivity contribution in [2.45, 2.75) is 51.9 Å². The normalized spacial score (nSPS) is 19.5. The van der Waals surface area contributed by atoms with E-state index in [0.717, 1.165) is 25.7 Å². The number of ketones is 1. The van der Waals surface area contributed by atoms with Crippen molar-refractivity contribution in [3.63, 3.8) is 0 Å². The van der Waals surface area contributed by atoms with Crippen LogP contribution in [0, 0.1) is 5.92 Å². The van der Waals surface area contributed by atoms with E-state index in [4.69, 9.17) is 0 Å². The zero-order chi connectivity index (χ0) is 8.10. The summed E-state index contributed by atoms with van der Waals surface area (Å²) in [7, 11) is 0. The van der Waals surface area contributed by atoms with Gasteiger partial charge in [-0.3, -0.25) is 4.79 Å². The minimum atomic E-state index is 0.445. The van der Waals surface area contributed by atoms with Gasteiger partial charge in [-0.05, 0) is 19.3 Å². The van der Waals surface area contributed by atoms with Crippen molar-refractivity contribution in [3.05, 3.63) is 5.92 Å². The lowest BCUT2D eigenvalue weighted by Gasteiger charge is -2.04. The van der Waals surface area contributed by atoms with E-state index in [2.05, 4.69) is 6.92 Å². The van der Waals surface area contributed by atoms with Gasteiger partial charge >= 0.3 is 0 Å². The Balaban J connectivity index is 2.10. The molecule has 1 aliphatic carbocycles. The first-order valence-electron chi connectivity index (χ1n) is 4.72. The van der Waals surface area contributed by atoms with Gasteiger partial charge in [0.1, 0.15) is 5.78 Å². The zero-order valence-corrected chi connectivity index (χ0v) is 7.36. The summed E-state index contributed by atoms with van der Waals surface area (Å²) in [6.07, 6.45) is 7.84. The molecule has 0 heterocycles. The molecule has 0 aromatic carbocycles. The molecule has 1 fully saturated rings. The van der Waals surface area contributed by atoms with Crippen LogP contribution in [0.3, 0.4) is 0 Å². The number of carbonyl (C=O) groups excluding carboxylic acids is 1. The molecule has 0 aromatic rings. The Morgan fingerprint density at radius 1 is 1.27 bits per heavy atom. The highest BCUT2D eigenvalue weighted by Crippen LogP contribution is 2.27. The second kappa shape index (κ2) is 4.53. The standard InChI is InChI=1S/C10H17O/c1-2-3-4-6-9-7-5-8-10(9)11/h2-8H2,1H3. The number of rotatable bonds is 4. The van der Waals surface area contributed by atoms with Crippen LogP contribution in [0.4, 0.5) is 0 Å². The van der Waals surface area contributed by atoms with Crippen molar-refractivity contribution >= 4 is 5.78 Å². The second-order valence-electron chi connectivity index (χ2n) is 3.34. The first kappa shape index (κ1) is 8.76. The van der Waals surface area contributed by atoms with E-state index in [1.165, 1.54) is 25.2 Å². The van der Waals surface area contributed by atoms with Crippen LogP contribution in [-0.2, 0) is 4.79 Å². The maximum absolute atomic E-state index is 11.1. The number of unbranched alkanes of at least 4 members (excludes halogenated alkanes) is 2. The van der Waals surface area contributed by atoms with Crippen LogP contribution >= 0.6 is 0 Å². The molecule has 63 valence electrons. The highest BCUT2D eigenvalue weighted by Gasteiger charge is 2.23. The van der Waals surface area contributed by atoms with E-state index in [0.29, 0.717) is 5.78 Å². The van der Waals surface area contributed by atoms with Gasteiger partial charge in [-0.15, -0.1) is 0 Å². The Labute approximate surface area is 69.2 Å².